The SMILES string of the molecule is CO[C@@H](C)C(=O)N[C@H](C)c1ccccc1F. The lowest BCUT2D eigenvalue weighted by atomic mass is 10.1. The Morgan fingerprint density at radius 1 is 1.38 bits per heavy atom. The third-order valence-corrected chi connectivity index (χ3v) is 2.45. The molecule has 0 bridgehead atoms. The standard InChI is InChI=1S/C12H16FNO2/c1-8(14-12(15)9(2)16-3)10-6-4-5-7-11(10)13/h4-9H,1-3H3,(H,14,15)/t8-,9+/m1/s1. The molecule has 1 aromatic rings. The fourth-order valence-corrected chi connectivity index (χ4v) is 1.34. The van der Waals surface area contributed by atoms with Gasteiger partial charge in [-0.15, -0.1) is 0 Å². The molecule has 4 heteroatoms. The first kappa shape index (κ1) is 12.6. The molecule has 1 aromatic carbocycles. The van der Waals surface area contributed by atoms with Crippen molar-refractivity contribution in [3.05, 3.63) is 35.6 Å². The Morgan fingerprint density at radius 2 is 2.00 bits per heavy atom. The van der Waals surface area contributed by atoms with E-state index in [1.165, 1.54) is 13.2 Å². The van der Waals surface area contributed by atoms with Gasteiger partial charge in [0.25, 0.3) is 0 Å². The van der Waals surface area contributed by atoms with E-state index in [4.69, 9.17) is 4.74 Å². The molecule has 0 heterocycles. The number of nitrogens with one attached hydrogen (secondary N) is 1. The number of methoxy groups -OCH3 is 1. The van der Waals surface area contributed by atoms with Crippen LogP contribution >= 0.6 is 0 Å². The zero-order chi connectivity index (χ0) is 12.1. The predicted molar refractivity (Wildman–Crippen MR) is 59.4 cm³/mol. The van der Waals surface area contributed by atoms with Gasteiger partial charge in [-0.25, -0.2) is 4.39 Å². The van der Waals surface area contributed by atoms with Crippen LogP contribution in [0.25, 0.3) is 0 Å². The summed E-state index contributed by atoms with van der Waals surface area (Å²) in [5.41, 5.74) is 0.471. The van der Waals surface area contributed by atoms with Gasteiger partial charge in [0.15, 0.2) is 0 Å². The molecule has 0 aliphatic rings. The predicted octanol–water partition coefficient (Wildman–Crippen LogP) is 2.04. The number of ether oxygens (including phenoxy) is 1. The lowest BCUT2D eigenvalue weighted by Gasteiger charge is -2.17. The van der Waals surface area contributed by atoms with Crippen molar-refractivity contribution in [1.82, 2.24) is 5.32 Å². The maximum Gasteiger partial charge on any atom is 0.249 e. The van der Waals surface area contributed by atoms with Crippen LogP contribution in [0.1, 0.15) is 25.5 Å². The van der Waals surface area contributed by atoms with Gasteiger partial charge in [0, 0.05) is 12.7 Å². The second kappa shape index (κ2) is 5.61. The highest BCUT2D eigenvalue weighted by atomic mass is 19.1. The maximum absolute atomic E-state index is 13.4. The van der Waals surface area contributed by atoms with Gasteiger partial charge in [-0.3, -0.25) is 4.79 Å². The van der Waals surface area contributed by atoms with E-state index in [-0.39, 0.29) is 17.8 Å². The molecule has 3 nitrogen and oxygen atoms in total. The van der Waals surface area contributed by atoms with Crippen LogP contribution in [0.4, 0.5) is 4.39 Å². The number of rotatable bonds is 4. The van der Waals surface area contributed by atoms with Crippen LogP contribution < -0.4 is 5.32 Å². The molecule has 0 unspecified atom stereocenters. The van der Waals surface area contributed by atoms with Gasteiger partial charge in [-0.2, -0.15) is 0 Å². The molecule has 0 saturated carbocycles. The number of carbonyl (C=O) groups excluding carboxylic acids is 1. The van der Waals surface area contributed by atoms with Crippen LogP contribution in [0.3, 0.4) is 0 Å². The van der Waals surface area contributed by atoms with E-state index in [2.05, 4.69) is 5.32 Å². The van der Waals surface area contributed by atoms with Crippen molar-refractivity contribution >= 4 is 5.91 Å². The summed E-state index contributed by atoms with van der Waals surface area (Å²) in [6.45, 7) is 3.38. The number of halogens is 1. The largest absolute Gasteiger partial charge is 0.372 e. The minimum Gasteiger partial charge on any atom is -0.372 e. The molecule has 1 N–H and O–H groups in total. The molecule has 0 fully saturated rings. The molecule has 0 aliphatic carbocycles. The molecule has 0 saturated heterocycles. The van der Waals surface area contributed by atoms with Gasteiger partial charge in [-0.1, -0.05) is 18.2 Å². The molecule has 16 heavy (non-hydrogen) atoms. The van der Waals surface area contributed by atoms with Crippen molar-refractivity contribution in [3.63, 3.8) is 0 Å². The van der Waals surface area contributed by atoms with E-state index in [0.29, 0.717) is 5.56 Å². The van der Waals surface area contributed by atoms with Gasteiger partial charge in [0.1, 0.15) is 11.9 Å². The second-order valence-corrected chi connectivity index (χ2v) is 3.63. The molecular weight excluding hydrogens is 209 g/mol. The van der Waals surface area contributed by atoms with E-state index < -0.39 is 6.10 Å². The average Bonchev–Trinajstić information content (AvgIpc) is 2.28. The van der Waals surface area contributed by atoms with Gasteiger partial charge in [-0.05, 0) is 19.9 Å². The average molecular weight is 225 g/mol. The summed E-state index contributed by atoms with van der Waals surface area (Å²) in [5.74, 6) is -0.571. The Kier molecular flexibility index (Phi) is 4.43. The summed E-state index contributed by atoms with van der Waals surface area (Å²) >= 11 is 0. The number of amides is 1. The number of carbonyl (C=O) groups is 1. The number of benzene rings is 1. The van der Waals surface area contributed by atoms with E-state index in [1.807, 2.05) is 0 Å². The topological polar surface area (TPSA) is 38.3 Å². The van der Waals surface area contributed by atoms with Crippen LogP contribution in [-0.4, -0.2) is 19.1 Å². The highest BCUT2D eigenvalue weighted by molar-refractivity contribution is 5.80. The lowest BCUT2D eigenvalue weighted by molar-refractivity contribution is -0.130. The zero-order valence-corrected chi connectivity index (χ0v) is 9.66. The molecule has 0 spiro atoms. The van der Waals surface area contributed by atoms with Gasteiger partial charge in [0.2, 0.25) is 5.91 Å². The third kappa shape index (κ3) is 3.03. The molecule has 88 valence electrons. The van der Waals surface area contributed by atoms with Gasteiger partial charge >= 0.3 is 0 Å². The maximum atomic E-state index is 13.4. The van der Waals surface area contributed by atoms with Crippen molar-refractivity contribution in [2.75, 3.05) is 7.11 Å². The number of hydrogen-bond acceptors (Lipinski definition) is 2. The van der Waals surface area contributed by atoms with Crippen molar-refractivity contribution in [2.45, 2.75) is 26.0 Å². The minimum atomic E-state index is -0.533. The summed E-state index contributed by atoms with van der Waals surface area (Å²) in [6, 6.07) is 6.01. The monoisotopic (exact) mass is 225 g/mol. The van der Waals surface area contributed by atoms with Crippen molar-refractivity contribution in [1.29, 1.82) is 0 Å². The first-order valence-corrected chi connectivity index (χ1v) is 5.14. The van der Waals surface area contributed by atoms with Crippen LogP contribution in [0, 0.1) is 5.82 Å². The summed E-state index contributed by atoms with van der Waals surface area (Å²) in [5, 5.41) is 2.68. The summed E-state index contributed by atoms with van der Waals surface area (Å²) in [7, 11) is 1.46. The van der Waals surface area contributed by atoms with E-state index >= 15 is 0 Å². The van der Waals surface area contributed by atoms with Crippen LogP contribution in [0.5, 0.6) is 0 Å². The molecular formula is C12H16FNO2. The van der Waals surface area contributed by atoms with Gasteiger partial charge in [0.05, 0.1) is 6.04 Å². The fraction of sp³-hybridized carbons (Fsp3) is 0.417. The Bertz CT molecular complexity index is 368. The van der Waals surface area contributed by atoms with Crippen LogP contribution in [0.2, 0.25) is 0 Å². The lowest BCUT2D eigenvalue weighted by Crippen LogP contribution is -2.35. The molecule has 1 rings (SSSR count). The Hall–Kier alpha value is -1.42. The third-order valence-electron chi connectivity index (χ3n) is 2.45. The van der Waals surface area contributed by atoms with Crippen molar-refractivity contribution in [2.24, 2.45) is 0 Å². The quantitative estimate of drug-likeness (QED) is 0.851. The fourth-order valence-electron chi connectivity index (χ4n) is 1.34. The summed E-state index contributed by atoms with van der Waals surface area (Å²) in [6.07, 6.45) is -0.533. The molecule has 2 atom stereocenters. The highest BCUT2D eigenvalue weighted by Gasteiger charge is 2.17. The first-order chi connectivity index (χ1) is 7.56. The summed E-state index contributed by atoms with van der Waals surface area (Å²) < 4.78 is 18.3. The van der Waals surface area contributed by atoms with E-state index in [0.717, 1.165) is 0 Å². The van der Waals surface area contributed by atoms with Crippen LogP contribution in [-0.2, 0) is 9.53 Å². The first-order valence-electron chi connectivity index (χ1n) is 5.14. The number of hydrogen-bond donors (Lipinski definition) is 1. The molecule has 1 amide bonds. The normalized spacial score (nSPS) is 14.2. The van der Waals surface area contributed by atoms with Crippen molar-refractivity contribution < 1.29 is 13.9 Å². The van der Waals surface area contributed by atoms with Crippen LogP contribution in [0.15, 0.2) is 24.3 Å². The Balaban J connectivity index is 2.69. The minimum absolute atomic E-state index is 0.252. The highest BCUT2D eigenvalue weighted by Crippen LogP contribution is 2.16. The van der Waals surface area contributed by atoms with E-state index in [9.17, 15) is 9.18 Å². The smallest absolute Gasteiger partial charge is 0.249 e. The van der Waals surface area contributed by atoms with Gasteiger partial charge < -0.3 is 10.1 Å². The van der Waals surface area contributed by atoms with Crippen molar-refractivity contribution in [3.8, 4) is 0 Å². The molecule has 0 aliphatic heterocycles. The molecule has 0 aromatic heterocycles. The van der Waals surface area contributed by atoms with E-state index in [1.54, 1.807) is 32.0 Å². The Labute approximate surface area is 94.6 Å². The Morgan fingerprint density at radius 3 is 2.56 bits per heavy atom. The molecule has 0 radical (unpaired) electrons. The zero-order valence-electron chi connectivity index (χ0n) is 9.66. The summed E-state index contributed by atoms with van der Waals surface area (Å²) in [4.78, 5) is 11.5. The second-order valence-electron chi connectivity index (χ2n) is 3.63.